The second-order valence-corrected chi connectivity index (χ2v) is 3.69. The van der Waals surface area contributed by atoms with Gasteiger partial charge in [-0.1, -0.05) is 6.07 Å². The maximum atomic E-state index is 12.0. The largest absolute Gasteiger partial charge is 0.504 e. The first-order valence-corrected chi connectivity index (χ1v) is 5.02. The van der Waals surface area contributed by atoms with Crippen LogP contribution in [0.2, 0.25) is 0 Å². The van der Waals surface area contributed by atoms with E-state index in [4.69, 9.17) is 10.5 Å². The Labute approximate surface area is 97.0 Å². The molecule has 0 amide bonds. The number of alkyl halides is 3. The molecule has 0 aliphatic carbocycles. The molecule has 0 heterocycles. The van der Waals surface area contributed by atoms with E-state index in [1.165, 1.54) is 25.3 Å². The summed E-state index contributed by atoms with van der Waals surface area (Å²) in [6.45, 7) is 0. The summed E-state index contributed by atoms with van der Waals surface area (Å²) in [6, 6.07) is 3.54. The highest BCUT2D eigenvalue weighted by atomic mass is 19.4. The van der Waals surface area contributed by atoms with Crippen LogP contribution in [0.5, 0.6) is 11.5 Å². The molecular weight excluding hydrogens is 235 g/mol. The minimum absolute atomic E-state index is 0.0701. The van der Waals surface area contributed by atoms with Crippen molar-refractivity contribution in [3.8, 4) is 11.5 Å². The molecule has 17 heavy (non-hydrogen) atoms. The summed E-state index contributed by atoms with van der Waals surface area (Å²) >= 11 is 0. The zero-order valence-electron chi connectivity index (χ0n) is 9.29. The van der Waals surface area contributed by atoms with Gasteiger partial charge in [-0.3, -0.25) is 0 Å². The van der Waals surface area contributed by atoms with E-state index in [9.17, 15) is 18.3 Å². The molecule has 1 aromatic rings. The van der Waals surface area contributed by atoms with Crippen molar-refractivity contribution in [2.45, 2.75) is 25.1 Å². The molecule has 96 valence electrons. The van der Waals surface area contributed by atoms with Gasteiger partial charge >= 0.3 is 6.18 Å². The van der Waals surface area contributed by atoms with Crippen molar-refractivity contribution in [2.75, 3.05) is 7.11 Å². The molecule has 0 spiro atoms. The Morgan fingerprint density at radius 2 is 2.06 bits per heavy atom. The third-order valence-corrected chi connectivity index (χ3v) is 2.37. The van der Waals surface area contributed by atoms with E-state index in [0.717, 1.165) is 0 Å². The lowest BCUT2D eigenvalue weighted by molar-refractivity contribution is -0.136. The number of ether oxygens (including phenoxy) is 1. The SMILES string of the molecule is COc1cc([C@H](N)CCC(F)(F)F)ccc1O. The van der Waals surface area contributed by atoms with E-state index in [2.05, 4.69) is 0 Å². The Balaban J connectivity index is 2.72. The first kappa shape index (κ1) is 13.6. The van der Waals surface area contributed by atoms with Crippen LogP contribution in [0.4, 0.5) is 13.2 Å². The highest BCUT2D eigenvalue weighted by molar-refractivity contribution is 5.42. The summed E-state index contributed by atoms with van der Waals surface area (Å²) in [6.07, 6.45) is -5.34. The summed E-state index contributed by atoms with van der Waals surface area (Å²) in [4.78, 5) is 0. The predicted octanol–water partition coefficient (Wildman–Crippen LogP) is 2.74. The standard InChI is InChI=1S/C11H14F3NO2/c1-17-10-6-7(2-3-9(10)16)8(15)4-5-11(12,13)14/h2-3,6,8,16H,4-5,15H2,1H3/t8-/m1/s1. The minimum Gasteiger partial charge on any atom is -0.504 e. The zero-order chi connectivity index (χ0) is 13.1. The number of phenols is 1. The van der Waals surface area contributed by atoms with Crippen LogP contribution in [-0.2, 0) is 0 Å². The molecule has 6 heteroatoms. The van der Waals surface area contributed by atoms with E-state index in [1.807, 2.05) is 0 Å². The van der Waals surface area contributed by atoms with Gasteiger partial charge in [0.05, 0.1) is 7.11 Å². The van der Waals surface area contributed by atoms with Crippen LogP contribution in [-0.4, -0.2) is 18.4 Å². The Morgan fingerprint density at radius 1 is 1.41 bits per heavy atom. The molecule has 0 unspecified atom stereocenters. The van der Waals surface area contributed by atoms with Gasteiger partial charge in [-0.2, -0.15) is 13.2 Å². The molecule has 0 saturated carbocycles. The third-order valence-electron chi connectivity index (χ3n) is 2.37. The monoisotopic (exact) mass is 249 g/mol. The molecule has 0 aromatic heterocycles. The zero-order valence-corrected chi connectivity index (χ0v) is 9.29. The summed E-state index contributed by atoms with van der Waals surface area (Å²) < 4.78 is 40.9. The lowest BCUT2D eigenvalue weighted by Gasteiger charge is -2.14. The number of rotatable bonds is 4. The quantitative estimate of drug-likeness (QED) is 0.862. The normalized spacial score (nSPS) is 13.5. The van der Waals surface area contributed by atoms with Crippen molar-refractivity contribution in [2.24, 2.45) is 5.73 Å². The first-order chi connectivity index (χ1) is 7.83. The van der Waals surface area contributed by atoms with E-state index in [1.54, 1.807) is 0 Å². The summed E-state index contributed by atoms with van der Waals surface area (Å²) in [5.41, 5.74) is 6.14. The van der Waals surface area contributed by atoms with Crippen LogP contribution in [0.25, 0.3) is 0 Å². The lowest BCUT2D eigenvalue weighted by atomic mass is 10.0. The highest BCUT2D eigenvalue weighted by Gasteiger charge is 2.27. The average molecular weight is 249 g/mol. The number of aromatic hydroxyl groups is 1. The molecule has 3 nitrogen and oxygen atoms in total. The fourth-order valence-corrected chi connectivity index (χ4v) is 1.41. The summed E-state index contributed by atoms with van der Waals surface area (Å²) in [5, 5.41) is 9.33. The van der Waals surface area contributed by atoms with E-state index >= 15 is 0 Å². The molecule has 0 fully saturated rings. The number of nitrogens with two attached hydrogens (primary N) is 1. The van der Waals surface area contributed by atoms with Crippen molar-refractivity contribution in [3.05, 3.63) is 23.8 Å². The molecule has 0 aliphatic rings. The van der Waals surface area contributed by atoms with Gasteiger partial charge in [-0.25, -0.2) is 0 Å². The van der Waals surface area contributed by atoms with Crippen LogP contribution >= 0.6 is 0 Å². The molecule has 0 aliphatic heterocycles. The first-order valence-electron chi connectivity index (χ1n) is 5.02. The summed E-state index contributed by atoms with van der Waals surface area (Å²) in [5.74, 6) is 0.129. The van der Waals surface area contributed by atoms with Crippen molar-refractivity contribution in [1.82, 2.24) is 0 Å². The Kier molecular flexibility index (Phi) is 4.22. The third kappa shape index (κ3) is 4.14. The number of phenolic OH excluding ortho intramolecular Hbond substituents is 1. The van der Waals surface area contributed by atoms with Crippen LogP contribution in [0, 0.1) is 0 Å². The van der Waals surface area contributed by atoms with Crippen molar-refractivity contribution >= 4 is 0 Å². The van der Waals surface area contributed by atoms with Crippen LogP contribution in [0.3, 0.4) is 0 Å². The predicted molar refractivity (Wildman–Crippen MR) is 56.9 cm³/mol. The number of methoxy groups -OCH3 is 1. The lowest BCUT2D eigenvalue weighted by Crippen LogP contribution is -2.15. The minimum atomic E-state index is -4.21. The number of hydrogen-bond donors (Lipinski definition) is 2. The van der Waals surface area contributed by atoms with E-state index < -0.39 is 18.6 Å². The van der Waals surface area contributed by atoms with E-state index in [0.29, 0.717) is 5.56 Å². The average Bonchev–Trinajstić information content (AvgIpc) is 2.25. The molecule has 1 aromatic carbocycles. The van der Waals surface area contributed by atoms with Gasteiger partial charge in [0.15, 0.2) is 11.5 Å². The van der Waals surface area contributed by atoms with Gasteiger partial charge in [-0.15, -0.1) is 0 Å². The molecule has 3 N–H and O–H groups in total. The Hall–Kier alpha value is -1.43. The van der Waals surface area contributed by atoms with Gasteiger partial charge in [-0.05, 0) is 24.1 Å². The van der Waals surface area contributed by atoms with Gasteiger partial charge in [0.1, 0.15) is 0 Å². The fraction of sp³-hybridized carbons (Fsp3) is 0.455. The maximum absolute atomic E-state index is 12.0. The number of benzene rings is 1. The summed E-state index contributed by atoms with van der Waals surface area (Å²) in [7, 11) is 1.36. The molecule has 0 bridgehead atoms. The van der Waals surface area contributed by atoms with Crippen molar-refractivity contribution in [3.63, 3.8) is 0 Å². The molecule has 1 atom stereocenters. The topological polar surface area (TPSA) is 55.5 Å². The number of halogens is 3. The van der Waals surface area contributed by atoms with Gasteiger partial charge in [0.2, 0.25) is 0 Å². The second-order valence-electron chi connectivity index (χ2n) is 3.69. The Bertz CT molecular complexity index is 379. The molecule has 0 radical (unpaired) electrons. The number of hydrogen-bond acceptors (Lipinski definition) is 3. The highest BCUT2D eigenvalue weighted by Crippen LogP contribution is 2.31. The van der Waals surface area contributed by atoms with Crippen LogP contribution < -0.4 is 10.5 Å². The van der Waals surface area contributed by atoms with Crippen LogP contribution in [0.15, 0.2) is 18.2 Å². The van der Waals surface area contributed by atoms with Crippen molar-refractivity contribution < 1.29 is 23.0 Å². The smallest absolute Gasteiger partial charge is 0.389 e. The Morgan fingerprint density at radius 3 is 2.59 bits per heavy atom. The van der Waals surface area contributed by atoms with Gasteiger partial charge in [0.25, 0.3) is 0 Å². The van der Waals surface area contributed by atoms with Gasteiger partial charge < -0.3 is 15.6 Å². The molecular formula is C11H14F3NO2. The second kappa shape index (κ2) is 5.27. The van der Waals surface area contributed by atoms with Crippen molar-refractivity contribution in [1.29, 1.82) is 0 Å². The van der Waals surface area contributed by atoms with E-state index in [-0.39, 0.29) is 17.9 Å². The molecule has 1 rings (SSSR count). The maximum Gasteiger partial charge on any atom is 0.389 e. The van der Waals surface area contributed by atoms with Gasteiger partial charge in [0, 0.05) is 12.5 Å². The van der Waals surface area contributed by atoms with Crippen LogP contribution in [0.1, 0.15) is 24.4 Å². The molecule has 0 saturated heterocycles. The fourth-order valence-electron chi connectivity index (χ4n) is 1.41.